The van der Waals surface area contributed by atoms with Gasteiger partial charge in [-0.15, -0.1) is 0 Å². The number of hydrogen-bond donors (Lipinski definition) is 1. The molecule has 0 spiro atoms. The van der Waals surface area contributed by atoms with Gasteiger partial charge < -0.3 is 10.3 Å². The van der Waals surface area contributed by atoms with Crippen molar-refractivity contribution in [3.05, 3.63) is 40.3 Å². The van der Waals surface area contributed by atoms with E-state index in [1.165, 1.54) is 4.57 Å². The number of aryl methyl sites for hydroxylation is 1. The summed E-state index contributed by atoms with van der Waals surface area (Å²) in [5.74, 6) is -1.23. The number of fused-ring (bicyclic) bond motifs is 1. The minimum Gasteiger partial charge on any atom is -0.369 e. The number of hydrogen-bond acceptors (Lipinski definition) is 3. The van der Waals surface area contributed by atoms with Crippen molar-refractivity contribution in [3.8, 4) is 0 Å². The molecule has 17 heavy (non-hydrogen) atoms. The van der Waals surface area contributed by atoms with Crippen molar-refractivity contribution in [2.75, 3.05) is 0 Å². The molecule has 0 radical (unpaired) electrons. The second-order valence-electron chi connectivity index (χ2n) is 3.97. The van der Waals surface area contributed by atoms with Crippen LogP contribution in [0.3, 0.4) is 0 Å². The molecule has 5 nitrogen and oxygen atoms in total. The lowest BCUT2D eigenvalue weighted by Gasteiger charge is -2.10. The summed E-state index contributed by atoms with van der Waals surface area (Å²) in [6.45, 7) is 1.58. The van der Waals surface area contributed by atoms with Crippen LogP contribution in [-0.2, 0) is 11.8 Å². The molecule has 0 saturated carbocycles. The maximum Gasteiger partial charge on any atom is 0.273 e. The quantitative estimate of drug-likeness (QED) is 0.818. The van der Waals surface area contributed by atoms with Crippen molar-refractivity contribution in [1.29, 1.82) is 0 Å². The molecule has 0 bridgehead atoms. The van der Waals surface area contributed by atoms with Crippen LogP contribution in [0.4, 0.5) is 0 Å². The summed E-state index contributed by atoms with van der Waals surface area (Å²) in [7, 11) is 1.66. The number of nitrogens with zero attached hydrogens (tertiary/aromatic N) is 2. The molecule has 88 valence electrons. The van der Waals surface area contributed by atoms with Gasteiger partial charge in [0.15, 0.2) is 0 Å². The molecule has 0 aliphatic carbocycles. The largest absolute Gasteiger partial charge is 0.369 e. The Kier molecular flexibility index (Phi) is 2.67. The number of nitrogens with two attached hydrogens (primary N) is 1. The highest BCUT2D eigenvalue weighted by Gasteiger charge is 2.19. The Labute approximate surface area is 97.9 Å². The van der Waals surface area contributed by atoms with Crippen LogP contribution in [0.15, 0.2) is 29.1 Å². The summed E-state index contributed by atoms with van der Waals surface area (Å²) < 4.78 is 1.48. The molecule has 1 unspecified atom stereocenters. The smallest absolute Gasteiger partial charge is 0.273 e. The Morgan fingerprint density at radius 2 is 2.06 bits per heavy atom. The molecular weight excluding hydrogens is 218 g/mol. The highest BCUT2D eigenvalue weighted by atomic mass is 16.1. The fourth-order valence-electron chi connectivity index (χ4n) is 1.72. The van der Waals surface area contributed by atoms with Crippen LogP contribution in [0.2, 0.25) is 0 Å². The lowest BCUT2D eigenvalue weighted by atomic mass is 10.1. The van der Waals surface area contributed by atoms with Crippen molar-refractivity contribution >= 4 is 16.9 Å². The minimum atomic E-state index is -0.682. The van der Waals surface area contributed by atoms with E-state index in [1.54, 1.807) is 20.0 Å². The number of carbonyl (C=O) groups excluding carboxylic acids is 1. The van der Waals surface area contributed by atoms with Gasteiger partial charge in [0.1, 0.15) is 5.69 Å². The van der Waals surface area contributed by atoms with Crippen LogP contribution in [0.1, 0.15) is 18.5 Å². The summed E-state index contributed by atoms with van der Waals surface area (Å²) in [5.41, 5.74) is 6.53. The zero-order valence-electron chi connectivity index (χ0n) is 9.68. The van der Waals surface area contributed by atoms with Crippen LogP contribution < -0.4 is 11.3 Å². The van der Waals surface area contributed by atoms with Gasteiger partial charge in [-0.2, -0.15) is 0 Å². The van der Waals surface area contributed by atoms with Crippen LogP contribution >= 0.6 is 0 Å². The molecule has 1 aromatic heterocycles. The van der Waals surface area contributed by atoms with Crippen molar-refractivity contribution in [1.82, 2.24) is 9.55 Å². The van der Waals surface area contributed by atoms with E-state index in [0.717, 1.165) is 5.52 Å². The lowest BCUT2D eigenvalue weighted by Crippen LogP contribution is -2.30. The maximum absolute atomic E-state index is 12.0. The normalized spacial score (nSPS) is 12.6. The van der Waals surface area contributed by atoms with E-state index in [4.69, 9.17) is 5.73 Å². The van der Waals surface area contributed by atoms with E-state index in [1.807, 2.05) is 18.2 Å². The molecule has 1 atom stereocenters. The van der Waals surface area contributed by atoms with Crippen LogP contribution in [0, 0.1) is 0 Å². The third-order valence-corrected chi connectivity index (χ3v) is 2.84. The van der Waals surface area contributed by atoms with Crippen LogP contribution in [-0.4, -0.2) is 15.5 Å². The van der Waals surface area contributed by atoms with Gasteiger partial charge in [-0.3, -0.25) is 9.59 Å². The predicted molar refractivity (Wildman–Crippen MR) is 64.6 cm³/mol. The lowest BCUT2D eigenvalue weighted by molar-refractivity contribution is -0.119. The van der Waals surface area contributed by atoms with Crippen molar-refractivity contribution in [2.24, 2.45) is 12.8 Å². The second kappa shape index (κ2) is 4.01. The highest BCUT2D eigenvalue weighted by molar-refractivity contribution is 5.82. The molecule has 1 amide bonds. The summed E-state index contributed by atoms with van der Waals surface area (Å²) in [4.78, 5) is 27.4. The molecule has 0 aliphatic rings. The van der Waals surface area contributed by atoms with E-state index in [0.29, 0.717) is 5.52 Å². The Balaban J connectivity index is 2.79. The van der Waals surface area contributed by atoms with Gasteiger partial charge in [0, 0.05) is 7.05 Å². The monoisotopic (exact) mass is 231 g/mol. The standard InChI is InChI=1S/C12H13N3O2/c1-7(11(13)16)10-12(17)15(2)9-6-4-3-5-8(9)14-10/h3-7H,1-2H3,(H2,13,16). The zero-order chi connectivity index (χ0) is 12.6. The highest BCUT2D eigenvalue weighted by Crippen LogP contribution is 2.13. The van der Waals surface area contributed by atoms with E-state index in [2.05, 4.69) is 4.98 Å². The summed E-state index contributed by atoms with van der Waals surface area (Å²) >= 11 is 0. The molecule has 1 heterocycles. The first kappa shape index (κ1) is 11.3. The average molecular weight is 231 g/mol. The molecular formula is C12H13N3O2. The van der Waals surface area contributed by atoms with Gasteiger partial charge in [-0.05, 0) is 19.1 Å². The van der Waals surface area contributed by atoms with Crippen molar-refractivity contribution in [3.63, 3.8) is 0 Å². The van der Waals surface area contributed by atoms with E-state index >= 15 is 0 Å². The molecule has 1 aromatic carbocycles. The Morgan fingerprint density at radius 3 is 2.71 bits per heavy atom. The first-order chi connectivity index (χ1) is 8.02. The van der Waals surface area contributed by atoms with Crippen molar-refractivity contribution in [2.45, 2.75) is 12.8 Å². The molecule has 0 aliphatic heterocycles. The van der Waals surface area contributed by atoms with E-state index in [9.17, 15) is 9.59 Å². The number of benzene rings is 1. The molecule has 2 N–H and O–H groups in total. The van der Waals surface area contributed by atoms with Crippen LogP contribution in [0.25, 0.3) is 11.0 Å². The Bertz CT molecular complexity index is 646. The zero-order valence-corrected chi connectivity index (χ0v) is 9.68. The number of rotatable bonds is 2. The van der Waals surface area contributed by atoms with Gasteiger partial charge in [0.05, 0.1) is 17.0 Å². The Hall–Kier alpha value is -2.17. The topological polar surface area (TPSA) is 78.0 Å². The first-order valence-electron chi connectivity index (χ1n) is 5.27. The predicted octanol–water partition coefficient (Wildman–Crippen LogP) is 0.522. The van der Waals surface area contributed by atoms with Gasteiger partial charge >= 0.3 is 0 Å². The second-order valence-corrected chi connectivity index (χ2v) is 3.97. The molecule has 2 rings (SSSR count). The van der Waals surface area contributed by atoms with Crippen LogP contribution in [0.5, 0.6) is 0 Å². The van der Waals surface area contributed by atoms with Gasteiger partial charge in [-0.25, -0.2) is 4.98 Å². The van der Waals surface area contributed by atoms with E-state index in [-0.39, 0.29) is 11.3 Å². The molecule has 0 saturated heterocycles. The molecule has 2 aromatic rings. The number of para-hydroxylation sites is 2. The number of carbonyl (C=O) groups is 1. The van der Waals surface area contributed by atoms with Crippen molar-refractivity contribution < 1.29 is 4.79 Å². The fourth-order valence-corrected chi connectivity index (χ4v) is 1.72. The molecule has 0 fully saturated rings. The minimum absolute atomic E-state index is 0.193. The first-order valence-corrected chi connectivity index (χ1v) is 5.27. The van der Waals surface area contributed by atoms with Gasteiger partial charge in [0.2, 0.25) is 5.91 Å². The SMILES string of the molecule is CC(C(N)=O)c1nc2ccccc2n(C)c1=O. The van der Waals surface area contributed by atoms with E-state index < -0.39 is 11.8 Å². The Morgan fingerprint density at radius 1 is 1.41 bits per heavy atom. The maximum atomic E-state index is 12.0. The third kappa shape index (κ3) is 1.80. The molecule has 5 heteroatoms. The fraction of sp³-hybridized carbons (Fsp3) is 0.250. The summed E-state index contributed by atoms with van der Waals surface area (Å²) in [6, 6.07) is 7.27. The summed E-state index contributed by atoms with van der Waals surface area (Å²) in [6.07, 6.45) is 0. The number of aromatic nitrogens is 2. The average Bonchev–Trinajstić information content (AvgIpc) is 2.33. The number of amides is 1. The third-order valence-electron chi connectivity index (χ3n) is 2.84. The summed E-state index contributed by atoms with van der Waals surface area (Å²) in [5, 5.41) is 0. The van der Waals surface area contributed by atoms with Gasteiger partial charge in [-0.1, -0.05) is 12.1 Å². The number of primary amides is 1. The van der Waals surface area contributed by atoms with Gasteiger partial charge in [0.25, 0.3) is 5.56 Å².